The molecule has 2 N–H and O–H groups in total. The zero-order chi connectivity index (χ0) is 14.4. The molecule has 0 radical (unpaired) electrons. The van der Waals surface area contributed by atoms with E-state index in [2.05, 4.69) is 15.4 Å². The third kappa shape index (κ3) is 3.81. The highest BCUT2D eigenvalue weighted by Gasteiger charge is 2.21. The van der Waals surface area contributed by atoms with Crippen LogP contribution in [0.5, 0.6) is 0 Å². The second kappa shape index (κ2) is 7.05. The van der Waals surface area contributed by atoms with E-state index in [4.69, 9.17) is 0 Å². The van der Waals surface area contributed by atoms with Crippen LogP contribution in [0.2, 0.25) is 0 Å². The van der Waals surface area contributed by atoms with Crippen molar-refractivity contribution in [2.24, 2.45) is 0 Å². The number of benzene rings is 1. The third-order valence-electron chi connectivity index (χ3n) is 3.46. The van der Waals surface area contributed by atoms with Crippen LogP contribution in [0.15, 0.2) is 24.3 Å². The number of rotatable bonds is 5. The average molecular weight is 276 g/mol. The van der Waals surface area contributed by atoms with Crippen molar-refractivity contribution in [2.75, 3.05) is 20.2 Å². The van der Waals surface area contributed by atoms with Gasteiger partial charge in [-0.15, -0.1) is 0 Å². The standard InChI is InChI=1S/C15H20N2O3/c1-20-15(19)12-6-4-11(5-7-12)8-10-17-14(18)13-3-2-9-16-13/h4-7,13,16H,2-3,8-10H2,1H3,(H,17,18). The first kappa shape index (κ1) is 14.5. The highest BCUT2D eigenvalue weighted by Crippen LogP contribution is 2.07. The molecule has 1 atom stereocenters. The van der Waals surface area contributed by atoms with Gasteiger partial charge in [0.25, 0.3) is 0 Å². The zero-order valence-electron chi connectivity index (χ0n) is 11.6. The minimum Gasteiger partial charge on any atom is -0.465 e. The molecule has 1 aliphatic heterocycles. The summed E-state index contributed by atoms with van der Waals surface area (Å²) >= 11 is 0. The molecule has 0 saturated carbocycles. The lowest BCUT2D eigenvalue weighted by Gasteiger charge is -2.11. The van der Waals surface area contributed by atoms with Crippen LogP contribution in [-0.2, 0) is 16.0 Å². The zero-order valence-corrected chi connectivity index (χ0v) is 11.6. The number of hydrogen-bond acceptors (Lipinski definition) is 4. The maximum Gasteiger partial charge on any atom is 0.337 e. The molecule has 1 fully saturated rings. The molecule has 1 aromatic rings. The van der Waals surface area contributed by atoms with E-state index in [0.717, 1.165) is 31.4 Å². The summed E-state index contributed by atoms with van der Waals surface area (Å²) < 4.78 is 4.64. The molecule has 5 nitrogen and oxygen atoms in total. The highest BCUT2D eigenvalue weighted by molar-refractivity contribution is 5.89. The number of hydrogen-bond donors (Lipinski definition) is 2. The smallest absolute Gasteiger partial charge is 0.337 e. The van der Waals surface area contributed by atoms with E-state index in [-0.39, 0.29) is 17.9 Å². The first-order chi connectivity index (χ1) is 9.70. The minimum atomic E-state index is -0.336. The second-order valence-electron chi connectivity index (χ2n) is 4.88. The van der Waals surface area contributed by atoms with Gasteiger partial charge in [0, 0.05) is 6.54 Å². The summed E-state index contributed by atoms with van der Waals surface area (Å²) in [4.78, 5) is 23.1. The van der Waals surface area contributed by atoms with E-state index in [0.29, 0.717) is 12.1 Å². The molecule has 1 saturated heterocycles. The summed E-state index contributed by atoms with van der Waals surface area (Å²) in [5, 5.41) is 6.10. The Hall–Kier alpha value is -1.88. The van der Waals surface area contributed by atoms with Gasteiger partial charge in [-0.25, -0.2) is 4.79 Å². The molecule has 0 spiro atoms. The molecule has 5 heteroatoms. The van der Waals surface area contributed by atoms with Crippen molar-refractivity contribution in [3.8, 4) is 0 Å². The van der Waals surface area contributed by atoms with Crippen LogP contribution in [0.4, 0.5) is 0 Å². The van der Waals surface area contributed by atoms with Crippen LogP contribution in [0.3, 0.4) is 0 Å². The highest BCUT2D eigenvalue weighted by atomic mass is 16.5. The molecule has 1 aromatic carbocycles. The van der Waals surface area contributed by atoms with E-state index in [1.54, 1.807) is 12.1 Å². The van der Waals surface area contributed by atoms with Crippen LogP contribution >= 0.6 is 0 Å². The molecule has 0 bridgehead atoms. The summed E-state index contributed by atoms with van der Waals surface area (Å²) in [5.74, 6) is -0.258. The predicted molar refractivity (Wildman–Crippen MR) is 75.5 cm³/mol. The fourth-order valence-electron chi connectivity index (χ4n) is 2.29. The van der Waals surface area contributed by atoms with Crippen LogP contribution in [0.25, 0.3) is 0 Å². The van der Waals surface area contributed by atoms with Crippen molar-refractivity contribution < 1.29 is 14.3 Å². The molecule has 0 aliphatic carbocycles. The van der Waals surface area contributed by atoms with Crippen LogP contribution < -0.4 is 10.6 Å². The first-order valence-electron chi connectivity index (χ1n) is 6.89. The monoisotopic (exact) mass is 276 g/mol. The molecule has 1 heterocycles. The lowest BCUT2D eigenvalue weighted by atomic mass is 10.1. The normalized spacial score (nSPS) is 17.8. The Labute approximate surface area is 118 Å². The molecule has 2 rings (SSSR count). The average Bonchev–Trinajstić information content (AvgIpc) is 3.01. The van der Waals surface area contributed by atoms with Crippen molar-refractivity contribution >= 4 is 11.9 Å². The maximum atomic E-state index is 11.8. The predicted octanol–water partition coefficient (Wildman–Crippen LogP) is 0.884. The van der Waals surface area contributed by atoms with Gasteiger partial charge in [-0.1, -0.05) is 12.1 Å². The van der Waals surface area contributed by atoms with Gasteiger partial charge in [-0.05, 0) is 43.5 Å². The summed E-state index contributed by atoms with van der Waals surface area (Å²) in [6.07, 6.45) is 2.73. The van der Waals surface area contributed by atoms with Crippen LogP contribution in [0.1, 0.15) is 28.8 Å². The molecule has 1 aliphatic rings. The number of ether oxygens (including phenoxy) is 1. The van der Waals surface area contributed by atoms with Gasteiger partial charge in [-0.3, -0.25) is 4.79 Å². The quantitative estimate of drug-likeness (QED) is 0.784. The second-order valence-corrected chi connectivity index (χ2v) is 4.88. The topological polar surface area (TPSA) is 67.4 Å². The van der Waals surface area contributed by atoms with Gasteiger partial charge < -0.3 is 15.4 Å². The number of carbonyl (C=O) groups is 2. The fourth-order valence-corrected chi connectivity index (χ4v) is 2.29. The van der Waals surface area contributed by atoms with Crippen LogP contribution in [-0.4, -0.2) is 38.1 Å². The first-order valence-corrected chi connectivity index (χ1v) is 6.89. The Kier molecular flexibility index (Phi) is 5.12. The number of esters is 1. The Morgan fingerprint density at radius 2 is 2.10 bits per heavy atom. The number of amides is 1. The summed E-state index contributed by atoms with van der Waals surface area (Å²) in [7, 11) is 1.36. The summed E-state index contributed by atoms with van der Waals surface area (Å²) in [6, 6.07) is 7.21. The van der Waals surface area contributed by atoms with Crippen molar-refractivity contribution in [3.05, 3.63) is 35.4 Å². The van der Waals surface area contributed by atoms with Gasteiger partial charge in [0.05, 0.1) is 18.7 Å². The van der Waals surface area contributed by atoms with E-state index in [1.165, 1.54) is 7.11 Å². The van der Waals surface area contributed by atoms with Crippen molar-refractivity contribution in [2.45, 2.75) is 25.3 Å². The lowest BCUT2D eigenvalue weighted by Crippen LogP contribution is -2.41. The molecule has 20 heavy (non-hydrogen) atoms. The van der Waals surface area contributed by atoms with Crippen molar-refractivity contribution in [1.82, 2.24) is 10.6 Å². The van der Waals surface area contributed by atoms with Crippen molar-refractivity contribution in [3.63, 3.8) is 0 Å². The summed E-state index contributed by atoms with van der Waals surface area (Å²) in [5.41, 5.74) is 1.62. The molecular formula is C15H20N2O3. The largest absolute Gasteiger partial charge is 0.465 e. The van der Waals surface area contributed by atoms with Gasteiger partial charge >= 0.3 is 5.97 Å². The Morgan fingerprint density at radius 1 is 1.35 bits per heavy atom. The molecule has 108 valence electrons. The molecule has 1 unspecified atom stereocenters. The number of carbonyl (C=O) groups excluding carboxylic acids is 2. The molecular weight excluding hydrogens is 256 g/mol. The van der Waals surface area contributed by atoms with Gasteiger partial charge in [-0.2, -0.15) is 0 Å². The Balaban J connectivity index is 1.76. The molecule has 1 amide bonds. The fraction of sp³-hybridized carbons (Fsp3) is 0.467. The maximum absolute atomic E-state index is 11.8. The Morgan fingerprint density at radius 3 is 2.70 bits per heavy atom. The number of methoxy groups -OCH3 is 1. The van der Waals surface area contributed by atoms with Gasteiger partial charge in [0.1, 0.15) is 0 Å². The van der Waals surface area contributed by atoms with Crippen molar-refractivity contribution in [1.29, 1.82) is 0 Å². The Bertz CT molecular complexity index is 465. The number of nitrogens with one attached hydrogen (secondary N) is 2. The minimum absolute atomic E-state index is 0.0308. The lowest BCUT2D eigenvalue weighted by molar-refractivity contribution is -0.122. The van der Waals surface area contributed by atoms with E-state index < -0.39 is 0 Å². The van der Waals surface area contributed by atoms with E-state index in [1.807, 2.05) is 12.1 Å². The van der Waals surface area contributed by atoms with Gasteiger partial charge in [0.2, 0.25) is 5.91 Å². The SMILES string of the molecule is COC(=O)c1ccc(CCNC(=O)C2CCCN2)cc1. The molecule has 0 aromatic heterocycles. The van der Waals surface area contributed by atoms with Crippen LogP contribution in [0, 0.1) is 0 Å². The summed E-state index contributed by atoms with van der Waals surface area (Å²) in [6.45, 7) is 1.53. The third-order valence-corrected chi connectivity index (χ3v) is 3.46. The van der Waals surface area contributed by atoms with E-state index in [9.17, 15) is 9.59 Å². The van der Waals surface area contributed by atoms with Gasteiger partial charge in [0.15, 0.2) is 0 Å². The van der Waals surface area contributed by atoms with E-state index >= 15 is 0 Å².